The highest BCUT2D eigenvalue weighted by Crippen LogP contribution is 2.23. The number of likely N-dealkylation sites (tertiary alicyclic amines) is 2. The van der Waals surface area contributed by atoms with Gasteiger partial charge in [0, 0.05) is 37.8 Å². The second kappa shape index (κ2) is 8.85. The molecule has 2 heterocycles. The summed E-state index contributed by atoms with van der Waals surface area (Å²) in [7, 11) is 0. The number of piperidine rings is 1. The van der Waals surface area contributed by atoms with E-state index in [4.69, 9.17) is 12.2 Å². The first-order valence-corrected chi connectivity index (χ1v) is 10.4. The minimum atomic E-state index is 0.175. The molecule has 2 saturated heterocycles. The Kier molecular flexibility index (Phi) is 6.52. The zero-order valence-electron chi connectivity index (χ0n) is 16.1. The van der Waals surface area contributed by atoms with Crippen molar-refractivity contribution in [1.29, 1.82) is 0 Å². The number of anilines is 1. The number of carbonyl (C=O) groups excluding carboxylic acids is 1. The largest absolute Gasteiger partial charge is 0.349 e. The van der Waals surface area contributed by atoms with Gasteiger partial charge in [0.2, 0.25) is 5.91 Å². The monoisotopic (exact) mass is 373 g/mol. The van der Waals surface area contributed by atoms with E-state index in [1.165, 1.54) is 24.0 Å². The number of benzene rings is 1. The molecule has 1 aromatic rings. The van der Waals surface area contributed by atoms with Crippen molar-refractivity contribution in [2.45, 2.75) is 52.4 Å². The lowest BCUT2D eigenvalue weighted by Crippen LogP contribution is -2.45. The number of hydrogen-bond donors (Lipinski definition) is 1. The van der Waals surface area contributed by atoms with Gasteiger partial charge in [-0.1, -0.05) is 18.9 Å². The number of hydrogen-bond acceptors (Lipinski definition) is 2. The molecule has 2 fully saturated rings. The van der Waals surface area contributed by atoms with E-state index in [9.17, 15) is 4.79 Å². The third kappa shape index (κ3) is 4.76. The molecule has 2 aliphatic heterocycles. The second-order valence-electron chi connectivity index (χ2n) is 7.73. The van der Waals surface area contributed by atoms with Gasteiger partial charge in [-0.15, -0.1) is 0 Å². The molecule has 5 heteroatoms. The lowest BCUT2D eigenvalue weighted by molar-refractivity contribution is -0.136. The summed E-state index contributed by atoms with van der Waals surface area (Å²) >= 11 is 5.60. The maximum atomic E-state index is 12.8. The van der Waals surface area contributed by atoms with Crippen LogP contribution in [0, 0.1) is 19.8 Å². The van der Waals surface area contributed by atoms with Gasteiger partial charge in [0.05, 0.1) is 0 Å². The number of nitrogens with one attached hydrogen (secondary N) is 1. The second-order valence-corrected chi connectivity index (χ2v) is 8.12. The molecule has 0 radical (unpaired) electrons. The van der Waals surface area contributed by atoms with E-state index in [1.807, 2.05) is 0 Å². The van der Waals surface area contributed by atoms with Crippen molar-refractivity contribution in [3.05, 3.63) is 29.3 Å². The lowest BCUT2D eigenvalue weighted by atomic mass is 9.95. The van der Waals surface area contributed by atoms with E-state index in [1.54, 1.807) is 0 Å². The average molecular weight is 374 g/mol. The Hall–Kier alpha value is -1.62. The molecule has 3 rings (SSSR count). The fourth-order valence-electron chi connectivity index (χ4n) is 3.90. The minimum Gasteiger partial charge on any atom is -0.349 e. The molecule has 0 saturated carbocycles. The molecule has 1 amide bonds. The first-order chi connectivity index (χ1) is 12.5. The van der Waals surface area contributed by atoms with Crippen LogP contribution in [0.2, 0.25) is 0 Å². The zero-order chi connectivity index (χ0) is 18.5. The maximum absolute atomic E-state index is 12.8. The van der Waals surface area contributed by atoms with Crippen molar-refractivity contribution in [2.75, 3.05) is 31.5 Å². The van der Waals surface area contributed by atoms with Gasteiger partial charge in [0.15, 0.2) is 5.11 Å². The number of rotatable bonds is 2. The predicted octanol–water partition coefficient (Wildman–Crippen LogP) is 4.11. The summed E-state index contributed by atoms with van der Waals surface area (Å²) in [6, 6.07) is 6.33. The highest BCUT2D eigenvalue weighted by Gasteiger charge is 2.29. The fourth-order valence-corrected chi connectivity index (χ4v) is 4.20. The molecule has 4 nitrogen and oxygen atoms in total. The van der Waals surface area contributed by atoms with Crippen LogP contribution in [0.25, 0.3) is 0 Å². The summed E-state index contributed by atoms with van der Waals surface area (Å²) < 4.78 is 0. The van der Waals surface area contributed by atoms with Crippen LogP contribution in [0.1, 0.15) is 49.7 Å². The van der Waals surface area contributed by atoms with Crippen LogP contribution in [0.5, 0.6) is 0 Å². The Bertz CT molecular complexity index is 645. The van der Waals surface area contributed by atoms with Crippen LogP contribution >= 0.6 is 12.2 Å². The molecule has 1 N–H and O–H groups in total. The molecule has 0 spiro atoms. The van der Waals surface area contributed by atoms with Crippen molar-refractivity contribution < 1.29 is 4.79 Å². The number of aryl methyl sites for hydroxylation is 2. The number of thiocarbonyl (C=S) groups is 1. The molecule has 0 atom stereocenters. The van der Waals surface area contributed by atoms with E-state index in [-0.39, 0.29) is 5.92 Å². The molecular weight excluding hydrogens is 342 g/mol. The summed E-state index contributed by atoms with van der Waals surface area (Å²) in [5.41, 5.74) is 3.59. The van der Waals surface area contributed by atoms with Crippen LogP contribution < -0.4 is 5.32 Å². The predicted molar refractivity (Wildman–Crippen MR) is 111 cm³/mol. The standard InChI is InChI=1S/C21H31N3OS/c1-16-7-8-19(15-17(16)2)22-21(26)24-13-9-18(10-14-24)20(25)23-11-5-3-4-6-12-23/h7-8,15,18H,3-6,9-14H2,1-2H3,(H,22,26). The summed E-state index contributed by atoms with van der Waals surface area (Å²) in [4.78, 5) is 17.1. The van der Waals surface area contributed by atoms with Crippen molar-refractivity contribution in [3.63, 3.8) is 0 Å². The molecule has 0 aromatic heterocycles. The molecular formula is C21H31N3OS. The fraction of sp³-hybridized carbons (Fsp3) is 0.619. The molecule has 142 valence electrons. The third-order valence-electron chi connectivity index (χ3n) is 5.81. The molecule has 26 heavy (non-hydrogen) atoms. The van der Waals surface area contributed by atoms with Crippen molar-refractivity contribution >= 4 is 28.9 Å². The van der Waals surface area contributed by atoms with Crippen molar-refractivity contribution in [3.8, 4) is 0 Å². The maximum Gasteiger partial charge on any atom is 0.225 e. The van der Waals surface area contributed by atoms with E-state index < -0.39 is 0 Å². The Labute approximate surface area is 162 Å². The van der Waals surface area contributed by atoms with Gasteiger partial charge in [0.25, 0.3) is 0 Å². The Morgan fingerprint density at radius 3 is 2.23 bits per heavy atom. The smallest absolute Gasteiger partial charge is 0.225 e. The molecule has 0 unspecified atom stereocenters. The number of amides is 1. The molecule has 2 aliphatic rings. The summed E-state index contributed by atoms with van der Waals surface area (Å²) in [6.45, 7) is 7.85. The van der Waals surface area contributed by atoms with Crippen molar-refractivity contribution in [1.82, 2.24) is 9.80 Å². The number of nitrogens with zero attached hydrogens (tertiary/aromatic N) is 2. The number of carbonyl (C=O) groups is 1. The summed E-state index contributed by atoms with van der Waals surface area (Å²) in [5.74, 6) is 0.549. The van der Waals surface area contributed by atoms with Gasteiger partial charge in [-0.05, 0) is 75.0 Å². The van der Waals surface area contributed by atoms with Crippen molar-refractivity contribution in [2.24, 2.45) is 5.92 Å². The Balaban J connectivity index is 1.50. The van der Waals surface area contributed by atoms with Crippen LogP contribution in [-0.2, 0) is 4.79 Å². The molecule has 1 aromatic carbocycles. The van der Waals surface area contributed by atoms with Gasteiger partial charge in [-0.2, -0.15) is 0 Å². The molecule has 0 bridgehead atoms. The average Bonchev–Trinajstić information content (AvgIpc) is 2.94. The Morgan fingerprint density at radius 2 is 1.62 bits per heavy atom. The zero-order valence-corrected chi connectivity index (χ0v) is 16.9. The van der Waals surface area contributed by atoms with E-state index in [0.29, 0.717) is 5.91 Å². The first kappa shape index (κ1) is 19.2. The minimum absolute atomic E-state index is 0.175. The SMILES string of the molecule is Cc1ccc(NC(=S)N2CCC(C(=O)N3CCCCCC3)CC2)cc1C. The topological polar surface area (TPSA) is 35.6 Å². The normalized spacial score (nSPS) is 19.2. The van der Waals surface area contributed by atoms with Gasteiger partial charge in [-0.3, -0.25) is 4.79 Å². The van der Waals surface area contributed by atoms with Gasteiger partial charge in [0.1, 0.15) is 0 Å². The lowest BCUT2D eigenvalue weighted by Gasteiger charge is -2.35. The summed E-state index contributed by atoms with van der Waals surface area (Å²) in [6.07, 6.45) is 6.67. The van der Waals surface area contributed by atoms with Gasteiger partial charge >= 0.3 is 0 Å². The van der Waals surface area contributed by atoms with Gasteiger partial charge < -0.3 is 15.1 Å². The summed E-state index contributed by atoms with van der Waals surface area (Å²) in [5, 5.41) is 4.13. The highest BCUT2D eigenvalue weighted by molar-refractivity contribution is 7.80. The highest BCUT2D eigenvalue weighted by atomic mass is 32.1. The van der Waals surface area contributed by atoms with Gasteiger partial charge in [-0.25, -0.2) is 0 Å². The van der Waals surface area contributed by atoms with Crippen LogP contribution in [-0.4, -0.2) is 47.0 Å². The Morgan fingerprint density at radius 1 is 0.962 bits per heavy atom. The van der Waals surface area contributed by atoms with E-state index >= 15 is 0 Å². The van der Waals surface area contributed by atoms with E-state index in [2.05, 4.69) is 47.2 Å². The van der Waals surface area contributed by atoms with Crippen LogP contribution in [0.4, 0.5) is 5.69 Å². The quantitative estimate of drug-likeness (QED) is 0.791. The third-order valence-corrected chi connectivity index (χ3v) is 6.17. The first-order valence-electron chi connectivity index (χ1n) is 9.96. The van der Waals surface area contributed by atoms with Crippen LogP contribution in [0.15, 0.2) is 18.2 Å². The van der Waals surface area contributed by atoms with Crippen LogP contribution in [0.3, 0.4) is 0 Å². The molecule has 0 aliphatic carbocycles. The van der Waals surface area contributed by atoms with E-state index in [0.717, 1.165) is 62.7 Å².